The molecule has 2 aromatic heterocycles. The van der Waals surface area contributed by atoms with Crippen molar-refractivity contribution in [3.63, 3.8) is 0 Å². The molecule has 0 radical (unpaired) electrons. The Kier molecular flexibility index (Phi) is 7.79. The summed E-state index contributed by atoms with van der Waals surface area (Å²) in [7, 11) is 2.11. The molecule has 2 fully saturated rings. The number of nitrogens with zero attached hydrogens (tertiary/aromatic N) is 6. The number of hydrogen-bond acceptors (Lipinski definition) is 7. The lowest BCUT2D eigenvalue weighted by atomic mass is 9.98. The maximum Gasteiger partial charge on any atom is 0.225 e. The summed E-state index contributed by atoms with van der Waals surface area (Å²) in [5.41, 5.74) is 2.23. The van der Waals surface area contributed by atoms with Gasteiger partial charge in [0.15, 0.2) is 17.4 Å². The van der Waals surface area contributed by atoms with Gasteiger partial charge in [-0.1, -0.05) is 6.92 Å². The molecular weight excluding hydrogens is 474 g/mol. The molecule has 0 atom stereocenters. The molecule has 0 amide bonds. The molecule has 7 nitrogen and oxygen atoms in total. The molecule has 1 aromatic carbocycles. The zero-order valence-corrected chi connectivity index (χ0v) is 21.5. The van der Waals surface area contributed by atoms with Gasteiger partial charge in [0, 0.05) is 63.4 Å². The Morgan fingerprint density at radius 1 is 0.838 bits per heavy atom. The van der Waals surface area contributed by atoms with Crippen LogP contribution >= 0.6 is 0 Å². The van der Waals surface area contributed by atoms with E-state index in [2.05, 4.69) is 43.6 Å². The lowest BCUT2D eigenvalue weighted by Crippen LogP contribution is -2.44. The van der Waals surface area contributed by atoms with Gasteiger partial charge in [0.2, 0.25) is 5.95 Å². The molecule has 0 spiro atoms. The van der Waals surface area contributed by atoms with Gasteiger partial charge >= 0.3 is 0 Å². The smallest absolute Gasteiger partial charge is 0.225 e. The summed E-state index contributed by atoms with van der Waals surface area (Å²) < 4.78 is 35.4. The van der Waals surface area contributed by atoms with Crippen molar-refractivity contribution < 1.29 is 13.5 Å². The van der Waals surface area contributed by atoms with E-state index in [0.717, 1.165) is 75.9 Å². The Morgan fingerprint density at radius 3 is 2.11 bits per heavy atom. The third-order valence-electron chi connectivity index (χ3n) is 7.37. The minimum Gasteiger partial charge on any atom is -0.487 e. The molecule has 0 aliphatic carbocycles. The Labute approximate surface area is 217 Å². The van der Waals surface area contributed by atoms with Crippen LogP contribution in [0.3, 0.4) is 0 Å². The van der Waals surface area contributed by atoms with Gasteiger partial charge in [-0.15, -0.1) is 0 Å². The Balaban J connectivity index is 1.16. The maximum atomic E-state index is 14.9. The van der Waals surface area contributed by atoms with E-state index < -0.39 is 11.6 Å². The fourth-order valence-electron chi connectivity index (χ4n) is 4.84. The molecule has 196 valence electrons. The Bertz CT molecular complexity index is 1150. The van der Waals surface area contributed by atoms with Crippen LogP contribution in [0.4, 0.5) is 20.5 Å². The van der Waals surface area contributed by atoms with Gasteiger partial charge < -0.3 is 19.4 Å². The second kappa shape index (κ2) is 11.4. The quantitative estimate of drug-likeness (QED) is 0.468. The van der Waals surface area contributed by atoms with Crippen LogP contribution in [0.25, 0.3) is 11.1 Å². The first-order chi connectivity index (χ1) is 18.0. The molecule has 3 aromatic rings. The van der Waals surface area contributed by atoms with Gasteiger partial charge in [-0.25, -0.2) is 23.7 Å². The predicted molar refractivity (Wildman–Crippen MR) is 141 cm³/mol. The number of likely N-dealkylation sites (N-methyl/N-ethyl adjacent to an activating group) is 1. The number of halogens is 2. The van der Waals surface area contributed by atoms with Crippen molar-refractivity contribution in [2.45, 2.75) is 26.2 Å². The molecule has 0 saturated carbocycles. The largest absolute Gasteiger partial charge is 0.487 e. The monoisotopic (exact) mass is 508 g/mol. The number of piperidine rings is 1. The number of pyridine rings is 1. The summed E-state index contributed by atoms with van der Waals surface area (Å²) in [6, 6.07) is 6.43. The third kappa shape index (κ3) is 5.98. The standard InChI is InChI=1S/C28H34F2N6O/c1-3-20-16-32-28(33-17-20)36-8-6-21(7-9-36)19-37-27-24(29)14-23(15-25(27)30)22-4-5-26(31-18-22)35-12-10-34(2)11-13-35/h4-5,14-18,21H,3,6-13,19H2,1-2H3. The number of hydrogen-bond donors (Lipinski definition) is 0. The highest BCUT2D eigenvalue weighted by molar-refractivity contribution is 5.65. The van der Waals surface area contributed by atoms with E-state index in [9.17, 15) is 8.78 Å². The minimum atomic E-state index is -0.694. The summed E-state index contributed by atoms with van der Waals surface area (Å²) >= 11 is 0. The molecule has 2 saturated heterocycles. The van der Waals surface area contributed by atoms with Crippen molar-refractivity contribution >= 4 is 11.8 Å². The van der Waals surface area contributed by atoms with E-state index in [1.54, 1.807) is 6.20 Å². The van der Waals surface area contributed by atoms with E-state index in [0.29, 0.717) is 11.1 Å². The van der Waals surface area contributed by atoms with E-state index in [-0.39, 0.29) is 18.3 Å². The second-order valence-corrected chi connectivity index (χ2v) is 9.95. The molecule has 4 heterocycles. The van der Waals surface area contributed by atoms with E-state index in [4.69, 9.17) is 4.74 Å². The highest BCUT2D eigenvalue weighted by Gasteiger charge is 2.23. The number of ether oxygens (including phenoxy) is 1. The fourth-order valence-corrected chi connectivity index (χ4v) is 4.84. The average molecular weight is 509 g/mol. The maximum absolute atomic E-state index is 14.9. The van der Waals surface area contributed by atoms with Crippen molar-refractivity contribution in [2.75, 3.05) is 62.7 Å². The Morgan fingerprint density at radius 2 is 1.51 bits per heavy atom. The van der Waals surface area contributed by atoms with Crippen molar-refractivity contribution in [3.8, 4) is 16.9 Å². The summed E-state index contributed by atoms with van der Waals surface area (Å²) in [6.45, 7) is 7.74. The van der Waals surface area contributed by atoms with E-state index >= 15 is 0 Å². The fraction of sp³-hybridized carbons (Fsp3) is 0.464. The van der Waals surface area contributed by atoms with Crippen molar-refractivity contribution in [1.82, 2.24) is 19.9 Å². The lowest BCUT2D eigenvalue weighted by molar-refractivity contribution is 0.207. The number of aromatic nitrogens is 3. The molecule has 37 heavy (non-hydrogen) atoms. The van der Waals surface area contributed by atoms with Gasteiger partial charge in [0.1, 0.15) is 5.82 Å². The highest BCUT2D eigenvalue weighted by atomic mass is 19.1. The van der Waals surface area contributed by atoms with Crippen LogP contribution in [0, 0.1) is 17.6 Å². The third-order valence-corrected chi connectivity index (χ3v) is 7.37. The number of anilines is 2. The summed E-state index contributed by atoms with van der Waals surface area (Å²) in [5.74, 6) is 0.131. The van der Waals surface area contributed by atoms with Crippen LogP contribution in [0.5, 0.6) is 5.75 Å². The van der Waals surface area contributed by atoms with Crippen LogP contribution < -0.4 is 14.5 Å². The highest BCUT2D eigenvalue weighted by Crippen LogP contribution is 2.31. The van der Waals surface area contributed by atoms with Gasteiger partial charge in [-0.2, -0.15) is 0 Å². The second-order valence-electron chi connectivity index (χ2n) is 9.95. The molecule has 5 rings (SSSR count). The van der Waals surface area contributed by atoms with Gasteiger partial charge in [0.25, 0.3) is 0 Å². The average Bonchev–Trinajstić information content (AvgIpc) is 2.93. The number of piperazine rings is 1. The number of rotatable bonds is 7. The van der Waals surface area contributed by atoms with E-state index in [1.165, 1.54) is 12.1 Å². The molecular formula is C28H34F2N6O. The van der Waals surface area contributed by atoms with Gasteiger partial charge in [-0.3, -0.25) is 0 Å². The number of benzene rings is 1. The molecule has 0 bridgehead atoms. The molecule has 0 unspecified atom stereocenters. The zero-order valence-electron chi connectivity index (χ0n) is 21.5. The zero-order chi connectivity index (χ0) is 25.8. The normalized spacial score (nSPS) is 17.3. The van der Waals surface area contributed by atoms with Crippen molar-refractivity contribution in [2.24, 2.45) is 5.92 Å². The first-order valence-corrected chi connectivity index (χ1v) is 13.1. The predicted octanol–water partition coefficient (Wildman–Crippen LogP) is 4.43. The van der Waals surface area contributed by atoms with Crippen LogP contribution in [-0.2, 0) is 6.42 Å². The lowest BCUT2D eigenvalue weighted by Gasteiger charge is -2.33. The first kappa shape index (κ1) is 25.3. The summed E-state index contributed by atoms with van der Waals surface area (Å²) in [5, 5.41) is 0. The molecule has 0 N–H and O–H groups in total. The Hall–Kier alpha value is -3.33. The molecule has 2 aliphatic heterocycles. The number of aryl methyl sites for hydroxylation is 1. The SMILES string of the molecule is CCc1cnc(N2CCC(COc3c(F)cc(-c4ccc(N5CCN(C)CC5)nc4)cc3F)CC2)nc1. The molecule has 2 aliphatic rings. The van der Waals surface area contributed by atoms with E-state index in [1.807, 2.05) is 24.5 Å². The van der Waals surface area contributed by atoms with Crippen LogP contribution in [0.15, 0.2) is 42.9 Å². The first-order valence-electron chi connectivity index (χ1n) is 13.1. The van der Waals surface area contributed by atoms with Crippen LogP contribution in [0.1, 0.15) is 25.3 Å². The van der Waals surface area contributed by atoms with Crippen molar-refractivity contribution in [3.05, 3.63) is 60.1 Å². The molecule has 9 heteroatoms. The summed E-state index contributed by atoms with van der Waals surface area (Å²) in [4.78, 5) is 20.1. The topological polar surface area (TPSA) is 57.6 Å². The minimum absolute atomic E-state index is 0.218. The van der Waals surface area contributed by atoms with Gasteiger partial charge in [0.05, 0.1) is 6.61 Å². The van der Waals surface area contributed by atoms with Crippen LogP contribution in [-0.4, -0.2) is 72.8 Å². The summed E-state index contributed by atoms with van der Waals surface area (Å²) in [6.07, 6.45) is 8.02. The van der Waals surface area contributed by atoms with Crippen molar-refractivity contribution in [1.29, 1.82) is 0 Å². The van der Waals surface area contributed by atoms with Gasteiger partial charge in [-0.05, 0) is 67.6 Å². The van der Waals surface area contributed by atoms with Crippen LogP contribution in [0.2, 0.25) is 0 Å².